The fourth-order valence-electron chi connectivity index (χ4n) is 5.26. The van der Waals surface area contributed by atoms with Crippen LogP contribution >= 0.6 is 0 Å². The van der Waals surface area contributed by atoms with E-state index in [9.17, 15) is 22.8 Å². The number of hydrogen-bond acceptors (Lipinski definition) is 3. The van der Waals surface area contributed by atoms with Gasteiger partial charge in [0.1, 0.15) is 11.5 Å². The Morgan fingerprint density at radius 3 is 1.71 bits per heavy atom. The zero-order valence-corrected chi connectivity index (χ0v) is 22.6. The Bertz CT molecular complexity index is 1900. The standard InChI is InChI=1S/C32H25F3N4O3/c1-19-27(30(40)38(36-19)23-12-5-3-6-13-23)29(28-20(2)37-39(31(28)41)24-14-7-4-8-15-24)26-17-16-25(42-26)21-10-9-11-22(18-21)32(33,34)35/h3-18,29,36-37H,1-2H3. The average molecular weight is 571 g/mol. The second kappa shape index (κ2) is 10.3. The molecule has 3 heterocycles. The molecule has 10 heteroatoms. The molecule has 6 rings (SSSR count). The van der Waals surface area contributed by atoms with Gasteiger partial charge in [0.05, 0.1) is 34.0 Å². The van der Waals surface area contributed by atoms with Gasteiger partial charge in [-0.15, -0.1) is 0 Å². The topological polar surface area (TPSA) is 88.7 Å². The van der Waals surface area contributed by atoms with Gasteiger partial charge in [0.25, 0.3) is 11.1 Å². The smallest absolute Gasteiger partial charge is 0.416 e. The van der Waals surface area contributed by atoms with Crippen LogP contribution in [0.15, 0.2) is 111 Å². The number of hydrogen-bond donors (Lipinski definition) is 2. The molecule has 0 unspecified atom stereocenters. The minimum absolute atomic E-state index is 0.175. The van der Waals surface area contributed by atoms with E-state index in [-0.39, 0.29) is 39.3 Å². The maximum Gasteiger partial charge on any atom is 0.416 e. The Morgan fingerprint density at radius 2 is 1.21 bits per heavy atom. The van der Waals surface area contributed by atoms with Gasteiger partial charge in [0, 0.05) is 17.0 Å². The van der Waals surface area contributed by atoms with Crippen LogP contribution in [-0.2, 0) is 6.18 Å². The van der Waals surface area contributed by atoms with Crippen molar-refractivity contribution in [2.24, 2.45) is 0 Å². The number of para-hydroxylation sites is 2. The van der Waals surface area contributed by atoms with Crippen molar-refractivity contribution < 1.29 is 17.6 Å². The van der Waals surface area contributed by atoms with Gasteiger partial charge >= 0.3 is 6.18 Å². The Morgan fingerprint density at radius 1 is 0.690 bits per heavy atom. The number of halogens is 3. The number of furan rings is 1. The number of benzene rings is 3. The van der Waals surface area contributed by atoms with E-state index in [1.807, 2.05) is 12.1 Å². The third kappa shape index (κ3) is 4.70. The monoisotopic (exact) mass is 570 g/mol. The van der Waals surface area contributed by atoms with Gasteiger partial charge in [0.15, 0.2) is 0 Å². The Balaban J connectivity index is 1.56. The van der Waals surface area contributed by atoms with Gasteiger partial charge in [0.2, 0.25) is 0 Å². The number of rotatable bonds is 6. The highest BCUT2D eigenvalue weighted by molar-refractivity contribution is 5.60. The summed E-state index contributed by atoms with van der Waals surface area (Å²) in [5.74, 6) is -0.553. The third-order valence-electron chi connectivity index (χ3n) is 7.23. The fraction of sp³-hybridized carbons (Fsp3) is 0.125. The summed E-state index contributed by atoms with van der Waals surface area (Å²) in [6, 6.07) is 25.9. The molecule has 0 spiro atoms. The SMILES string of the molecule is Cc1[nH]n(-c2ccccc2)c(=O)c1C(c1ccc(-c2cccc(C(F)(F)F)c2)o1)c1c(C)[nH]n(-c2ccccc2)c1=O. The predicted molar refractivity (Wildman–Crippen MR) is 152 cm³/mol. The highest BCUT2D eigenvalue weighted by Gasteiger charge is 2.34. The summed E-state index contributed by atoms with van der Waals surface area (Å²) in [4.78, 5) is 27.9. The fourth-order valence-corrected chi connectivity index (χ4v) is 5.26. The molecule has 0 aliphatic rings. The van der Waals surface area contributed by atoms with Gasteiger partial charge in [-0.05, 0) is 62.4 Å². The summed E-state index contributed by atoms with van der Waals surface area (Å²) in [5, 5.41) is 6.22. The van der Waals surface area contributed by atoms with E-state index in [0.29, 0.717) is 22.8 Å². The van der Waals surface area contributed by atoms with Crippen molar-refractivity contribution >= 4 is 0 Å². The molecule has 0 aliphatic heterocycles. The number of aromatic amines is 2. The first-order valence-electron chi connectivity index (χ1n) is 13.1. The summed E-state index contributed by atoms with van der Waals surface area (Å²) in [7, 11) is 0. The largest absolute Gasteiger partial charge is 0.460 e. The maximum absolute atomic E-state index is 14.0. The minimum atomic E-state index is -4.52. The third-order valence-corrected chi connectivity index (χ3v) is 7.23. The van der Waals surface area contributed by atoms with Crippen LogP contribution in [0.2, 0.25) is 0 Å². The lowest BCUT2D eigenvalue weighted by Crippen LogP contribution is -2.25. The Labute approximate surface area is 237 Å². The quantitative estimate of drug-likeness (QED) is 0.233. The molecule has 6 aromatic rings. The molecule has 3 aromatic heterocycles. The zero-order valence-electron chi connectivity index (χ0n) is 22.6. The van der Waals surface area contributed by atoms with E-state index in [1.54, 1.807) is 74.5 Å². The van der Waals surface area contributed by atoms with Gasteiger partial charge in [-0.3, -0.25) is 19.8 Å². The molecule has 7 nitrogen and oxygen atoms in total. The van der Waals surface area contributed by atoms with Crippen molar-refractivity contribution in [2.75, 3.05) is 0 Å². The summed E-state index contributed by atoms with van der Waals surface area (Å²) in [6.07, 6.45) is -4.52. The summed E-state index contributed by atoms with van der Waals surface area (Å²) >= 11 is 0. The molecule has 0 saturated heterocycles. The van der Waals surface area contributed by atoms with E-state index in [2.05, 4.69) is 10.2 Å². The van der Waals surface area contributed by atoms with E-state index < -0.39 is 17.7 Å². The molecule has 212 valence electrons. The van der Waals surface area contributed by atoms with E-state index in [4.69, 9.17) is 4.42 Å². The normalized spacial score (nSPS) is 11.9. The van der Waals surface area contributed by atoms with E-state index in [0.717, 1.165) is 12.1 Å². The maximum atomic E-state index is 14.0. The molecule has 0 saturated carbocycles. The molecule has 0 bridgehead atoms. The average Bonchev–Trinajstić information content (AvgIpc) is 3.67. The van der Waals surface area contributed by atoms with Crippen molar-refractivity contribution in [1.82, 2.24) is 19.6 Å². The summed E-state index contributed by atoms with van der Waals surface area (Å²) in [6.45, 7) is 3.47. The van der Waals surface area contributed by atoms with Crippen LogP contribution in [-0.4, -0.2) is 19.6 Å². The van der Waals surface area contributed by atoms with Gasteiger partial charge < -0.3 is 4.42 Å². The highest BCUT2D eigenvalue weighted by Crippen LogP contribution is 2.37. The van der Waals surface area contributed by atoms with Crippen LogP contribution in [0.25, 0.3) is 22.7 Å². The molecular formula is C32H25F3N4O3. The summed E-state index contributed by atoms with van der Waals surface area (Å²) < 4.78 is 49.2. The number of nitrogens with one attached hydrogen (secondary N) is 2. The number of nitrogens with zero attached hydrogens (tertiary/aromatic N) is 2. The van der Waals surface area contributed by atoms with Crippen molar-refractivity contribution in [3.8, 4) is 22.7 Å². The van der Waals surface area contributed by atoms with Crippen molar-refractivity contribution in [1.29, 1.82) is 0 Å². The van der Waals surface area contributed by atoms with E-state index >= 15 is 0 Å². The van der Waals surface area contributed by atoms with Crippen molar-refractivity contribution in [2.45, 2.75) is 25.9 Å². The van der Waals surface area contributed by atoms with Crippen molar-refractivity contribution in [3.63, 3.8) is 0 Å². The predicted octanol–water partition coefficient (Wildman–Crippen LogP) is 6.72. The lowest BCUT2D eigenvalue weighted by atomic mass is 9.89. The zero-order chi connectivity index (χ0) is 29.6. The Hall–Kier alpha value is -5.25. The van der Waals surface area contributed by atoms with Crippen LogP contribution in [0.3, 0.4) is 0 Å². The molecule has 0 amide bonds. The highest BCUT2D eigenvalue weighted by atomic mass is 19.4. The van der Waals surface area contributed by atoms with Crippen LogP contribution in [0.1, 0.15) is 39.8 Å². The minimum Gasteiger partial charge on any atom is -0.460 e. The molecule has 0 fully saturated rings. The first-order chi connectivity index (χ1) is 20.1. The van der Waals surface area contributed by atoms with Gasteiger partial charge in [-0.1, -0.05) is 48.5 Å². The molecule has 0 atom stereocenters. The second-order valence-electron chi connectivity index (χ2n) is 9.97. The second-order valence-corrected chi connectivity index (χ2v) is 9.97. The molecular weight excluding hydrogens is 545 g/mol. The number of aryl methyl sites for hydroxylation is 2. The lowest BCUT2D eigenvalue weighted by molar-refractivity contribution is -0.137. The number of H-pyrrole nitrogens is 2. The van der Waals surface area contributed by atoms with Crippen LogP contribution < -0.4 is 11.1 Å². The molecule has 0 radical (unpaired) electrons. The summed E-state index contributed by atoms with van der Waals surface area (Å²) in [5.41, 5.74) is 1.43. The molecule has 2 N–H and O–H groups in total. The first kappa shape index (κ1) is 26.9. The molecule has 42 heavy (non-hydrogen) atoms. The van der Waals surface area contributed by atoms with Crippen LogP contribution in [0.5, 0.6) is 0 Å². The van der Waals surface area contributed by atoms with Crippen molar-refractivity contribution in [3.05, 3.63) is 152 Å². The Kier molecular flexibility index (Phi) is 6.61. The number of alkyl halides is 3. The first-order valence-corrected chi connectivity index (χ1v) is 13.1. The molecule has 0 aliphatic carbocycles. The lowest BCUT2D eigenvalue weighted by Gasteiger charge is -2.13. The van der Waals surface area contributed by atoms with Gasteiger partial charge in [-0.2, -0.15) is 13.2 Å². The van der Waals surface area contributed by atoms with Gasteiger partial charge in [-0.25, -0.2) is 9.36 Å². The number of aromatic nitrogens is 4. The van der Waals surface area contributed by atoms with Crippen LogP contribution in [0, 0.1) is 13.8 Å². The molecule has 3 aromatic carbocycles. The van der Waals surface area contributed by atoms with E-state index in [1.165, 1.54) is 21.5 Å². The van der Waals surface area contributed by atoms with Crippen LogP contribution in [0.4, 0.5) is 13.2 Å².